The number of hydrogen-bond donors (Lipinski definition) is 2. The molecule has 0 heterocycles. The minimum absolute atomic E-state index is 0.0571. The largest absolute Gasteiger partial charge is 0.399 e. The number of benzene rings is 2. The summed E-state index contributed by atoms with van der Waals surface area (Å²) in [7, 11) is 1.63. The molecule has 4 heteroatoms. The molecule has 20 heavy (non-hydrogen) atoms. The molecule has 0 aromatic heterocycles. The number of para-hydroxylation sites is 1. The second-order valence-corrected chi connectivity index (χ2v) is 4.56. The van der Waals surface area contributed by atoms with Crippen LogP contribution in [0.2, 0.25) is 0 Å². The normalized spacial score (nSPS) is 10.2. The molecular weight excluding hydrogens is 252 g/mol. The van der Waals surface area contributed by atoms with Gasteiger partial charge in [-0.2, -0.15) is 0 Å². The Morgan fingerprint density at radius 3 is 2.55 bits per heavy atom. The Hall–Kier alpha value is -2.33. The summed E-state index contributed by atoms with van der Waals surface area (Å²) in [6.45, 7) is 0.471. The SMILES string of the molecule is COCc1ccccc1NC(=O)Cc1ccc(N)cc1. The Morgan fingerprint density at radius 1 is 1.15 bits per heavy atom. The molecule has 0 bridgehead atoms. The third-order valence-electron chi connectivity index (χ3n) is 2.94. The molecule has 0 spiro atoms. The highest BCUT2D eigenvalue weighted by Crippen LogP contribution is 2.16. The van der Waals surface area contributed by atoms with E-state index in [9.17, 15) is 4.79 Å². The standard InChI is InChI=1S/C16H18N2O2/c1-20-11-13-4-2-3-5-15(13)18-16(19)10-12-6-8-14(17)9-7-12/h2-9H,10-11,17H2,1H3,(H,18,19). The zero-order valence-electron chi connectivity index (χ0n) is 11.4. The first-order valence-corrected chi connectivity index (χ1v) is 6.40. The zero-order valence-corrected chi connectivity index (χ0v) is 11.4. The molecule has 0 aliphatic rings. The first kappa shape index (κ1) is 14.1. The number of anilines is 2. The van der Waals surface area contributed by atoms with E-state index in [2.05, 4.69) is 5.32 Å². The van der Waals surface area contributed by atoms with Gasteiger partial charge in [0.25, 0.3) is 0 Å². The van der Waals surface area contributed by atoms with E-state index in [0.29, 0.717) is 18.7 Å². The Balaban J connectivity index is 2.02. The van der Waals surface area contributed by atoms with Crippen LogP contribution in [0.1, 0.15) is 11.1 Å². The average Bonchev–Trinajstić information content (AvgIpc) is 2.44. The third kappa shape index (κ3) is 3.83. The van der Waals surface area contributed by atoms with E-state index in [4.69, 9.17) is 10.5 Å². The van der Waals surface area contributed by atoms with Gasteiger partial charge in [0.05, 0.1) is 13.0 Å². The van der Waals surface area contributed by atoms with Crippen LogP contribution in [0.4, 0.5) is 11.4 Å². The van der Waals surface area contributed by atoms with Gasteiger partial charge in [-0.15, -0.1) is 0 Å². The van der Waals surface area contributed by atoms with Crippen molar-refractivity contribution in [3.8, 4) is 0 Å². The van der Waals surface area contributed by atoms with E-state index in [1.165, 1.54) is 0 Å². The van der Waals surface area contributed by atoms with Gasteiger partial charge in [-0.05, 0) is 23.8 Å². The Morgan fingerprint density at radius 2 is 1.85 bits per heavy atom. The topological polar surface area (TPSA) is 64.3 Å². The summed E-state index contributed by atoms with van der Waals surface area (Å²) in [5.74, 6) is -0.0571. The minimum Gasteiger partial charge on any atom is -0.399 e. The van der Waals surface area contributed by atoms with Crippen LogP contribution in [0.5, 0.6) is 0 Å². The molecule has 4 nitrogen and oxygen atoms in total. The lowest BCUT2D eigenvalue weighted by molar-refractivity contribution is -0.115. The summed E-state index contributed by atoms with van der Waals surface area (Å²) >= 11 is 0. The van der Waals surface area contributed by atoms with Crippen LogP contribution in [0.15, 0.2) is 48.5 Å². The highest BCUT2D eigenvalue weighted by molar-refractivity contribution is 5.93. The fourth-order valence-electron chi connectivity index (χ4n) is 1.94. The predicted octanol–water partition coefficient (Wildman–Crippen LogP) is 2.60. The number of ether oxygens (including phenoxy) is 1. The molecule has 0 fully saturated rings. The zero-order chi connectivity index (χ0) is 14.4. The molecule has 1 amide bonds. The molecule has 0 radical (unpaired) electrons. The lowest BCUT2D eigenvalue weighted by Gasteiger charge is -2.10. The third-order valence-corrected chi connectivity index (χ3v) is 2.94. The molecule has 3 N–H and O–H groups in total. The lowest BCUT2D eigenvalue weighted by Crippen LogP contribution is -2.15. The predicted molar refractivity (Wildman–Crippen MR) is 80.3 cm³/mol. The van der Waals surface area contributed by atoms with Crippen LogP contribution in [-0.2, 0) is 22.6 Å². The van der Waals surface area contributed by atoms with Crippen molar-refractivity contribution in [1.29, 1.82) is 0 Å². The van der Waals surface area contributed by atoms with E-state index < -0.39 is 0 Å². The molecule has 104 valence electrons. The molecule has 0 atom stereocenters. The molecular formula is C16H18N2O2. The quantitative estimate of drug-likeness (QED) is 0.821. The molecule has 2 rings (SSSR count). The van der Waals surface area contributed by atoms with Crippen molar-refractivity contribution in [1.82, 2.24) is 0 Å². The van der Waals surface area contributed by atoms with Crippen molar-refractivity contribution in [2.75, 3.05) is 18.2 Å². The number of rotatable bonds is 5. The van der Waals surface area contributed by atoms with E-state index in [1.54, 1.807) is 19.2 Å². The number of nitrogens with two attached hydrogens (primary N) is 1. The monoisotopic (exact) mass is 270 g/mol. The van der Waals surface area contributed by atoms with Crippen molar-refractivity contribution in [2.45, 2.75) is 13.0 Å². The minimum atomic E-state index is -0.0571. The number of carbonyl (C=O) groups excluding carboxylic acids is 1. The number of amides is 1. The maximum Gasteiger partial charge on any atom is 0.228 e. The fourth-order valence-corrected chi connectivity index (χ4v) is 1.94. The summed E-state index contributed by atoms with van der Waals surface area (Å²) in [6.07, 6.45) is 0.321. The molecule has 2 aromatic carbocycles. The lowest BCUT2D eigenvalue weighted by atomic mass is 10.1. The van der Waals surface area contributed by atoms with Gasteiger partial charge in [0, 0.05) is 24.0 Å². The number of methoxy groups -OCH3 is 1. The van der Waals surface area contributed by atoms with Crippen LogP contribution >= 0.6 is 0 Å². The van der Waals surface area contributed by atoms with Crippen LogP contribution in [-0.4, -0.2) is 13.0 Å². The molecule has 2 aromatic rings. The van der Waals surface area contributed by atoms with Crippen LogP contribution < -0.4 is 11.1 Å². The summed E-state index contributed by atoms with van der Waals surface area (Å²) in [6, 6.07) is 14.9. The first-order chi connectivity index (χ1) is 9.69. The fraction of sp³-hybridized carbons (Fsp3) is 0.188. The number of hydrogen-bond acceptors (Lipinski definition) is 3. The van der Waals surface area contributed by atoms with Gasteiger partial charge >= 0.3 is 0 Å². The second kappa shape index (κ2) is 6.73. The number of nitrogens with one attached hydrogen (secondary N) is 1. The van der Waals surface area contributed by atoms with Gasteiger partial charge in [-0.1, -0.05) is 30.3 Å². The number of nitrogen functional groups attached to an aromatic ring is 1. The average molecular weight is 270 g/mol. The van der Waals surface area contributed by atoms with Crippen molar-refractivity contribution in [2.24, 2.45) is 0 Å². The summed E-state index contributed by atoms with van der Waals surface area (Å²) < 4.78 is 5.12. The van der Waals surface area contributed by atoms with Gasteiger partial charge in [0.1, 0.15) is 0 Å². The highest BCUT2D eigenvalue weighted by Gasteiger charge is 2.07. The summed E-state index contributed by atoms with van der Waals surface area (Å²) in [4.78, 5) is 12.0. The van der Waals surface area contributed by atoms with Gasteiger partial charge in [0.15, 0.2) is 0 Å². The van der Waals surface area contributed by atoms with Crippen molar-refractivity contribution in [3.05, 3.63) is 59.7 Å². The maximum atomic E-state index is 12.0. The van der Waals surface area contributed by atoms with Gasteiger partial charge < -0.3 is 15.8 Å². The smallest absolute Gasteiger partial charge is 0.228 e. The van der Waals surface area contributed by atoms with Crippen molar-refractivity contribution in [3.63, 3.8) is 0 Å². The first-order valence-electron chi connectivity index (χ1n) is 6.40. The summed E-state index contributed by atoms with van der Waals surface area (Å²) in [5, 5.41) is 2.91. The molecule has 0 aliphatic heterocycles. The highest BCUT2D eigenvalue weighted by atomic mass is 16.5. The van der Waals surface area contributed by atoms with Gasteiger partial charge in [-0.25, -0.2) is 0 Å². The van der Waals surface area contributed by atoms with Crippen LogP contribution in [0, 0.1) is 0 Å². The maximum absolute atomic E-state index is 12.0. The van der Waals surface area contributed by atoms with Crippen LogP contribution in [0.3, 0.4) is 0 Å². The Bertz CT molecular complexity index is 579. The van der Waals surface area contributed by atoms with E-state index in [0.717, 1.165) is 16.8 Å². The Kier molecular flexibility index (Phi) is 4.74. The van der Waals surface area contributed by atoms with Gasteiger partial charge in [-0.3, -0.25) is 4.79 Å². The molecule has 0 aliphatic carbocycles. The van der Waals surface area contributed by atoms with E-state index in [1.807, 2.05) is 36.4 Å². The van der Waals surface area contributed by atoms with Crippen LogP contribution in [0.25, 0.3) is 0 Å². The molecule has 0 unspecified atom stereocenters. The Labute approximate surface area is 118 Å². The molecule has 0 saturated heterocycles. The second-order valence-electron chi connectivity index (χ2n) is 4.56. The van der Waals surface area contributed by atoms with Crippen molar-refractivity contribution < 1.29 is 9.53 Å². The number of carbonyl (C=O) groups is 1. The summed E-state index contributed by atoms with van der Waals surface area (Å²) in [5.41, 5.74) is 8.99. The molecule has 0 saturated carbocycles. The van der Waals surface area contributed by atoms with Gasteiger partial charge in [0.2, 0.25) is 5.91 Å². The van der Waals surface area contributed by atoms with E-state index in [-0.39, 0.29) is 5.91 Å². The van der Waals surface area contributed by atoms with Crippen molar-refractivity contribution >= 4 is 17.3 Å². The van der Waals surface area contributed by atoms with E-state index >= 15 is 0 Å².